The Bertz CT molecular complexity index is 324. The van der Waals surface area contributed by atoms with Crippen LogP contribution in [0.25, 0.3) is 0 Å². The van der Waals surface area contributed by atoms with Gasteiger partial charge in [0.25, 0.3) is 5.91 Å². The number of phenols is 1. The van der Waals surface area contributed by atoms with Gasteiger partial charge in [0.15, 0.2) is 0 Å². The molecular formula is C11H14ClNO2. The van der Waals surface area contributed by atoms with E-state index in [1.807, 2.05) is 6.92 Å². The minimum Gasteiger partial charge on any atom is -0.508 e. The van der Waals surface area contributed by atoms with E-state index in [4.69, 9.17) is 16.7 Å². The van der Waals surface area contributed by atoms with Gasteiger partial charge in [-0.2, -0.15) is 0 Å². The first kappa shape index (κ1) is 11.9. The Morgan fingerprint density at radius 2 is 2.07 bits per heavy atom. The third-order valence-electron chi connectivity index (χ3n) is 2.00. The molecule has 3 nitrogen and oxygen atoms in total. The molecule has 1 aromatic rings. The van der Waals surface area contributed by atoms with Crippen molar-refractivity contribution in [3.05, 3.63) is 29.8 Å². The Morgan fingerprint density at radius 3 is 2.60 bits per heavy atom. The van der Waals surface area contributed by atoms with Gasteiger partial charge in [0, 0.05) is 18.0 Å². The predicted molar refractivity (Wildman–Crippen MR) is 60.3 cm³/mol. The number of hydrogen-bond donors (Lipinski definition) is 2. The van der Waals surface area contributed by atoms with Gasteiger partial charge >= 0.3 is 0 Å². The lowest BCUT2D eigenvalue weighted by molar-refractivity contribution is 0.0949. The molecule has 0 aliphatic carbocycles. The van der Waals surface area contributed by atoms with E-state index < -0.39 is 0 Å². The van der Waals surface area contributed by atoms with Crippen LogP contribution in [0.15, 0.2) is 24.3 Å². The summed E-state index contributed by atoms with van der Waals surface area (Å²) in [5.41, 5.74) is 0.537. The Balaban J connectivity index is 2.50. The second-order valence-corrected chi connectivity index (χ2v) is 3.82. The Kier molecular flexibility index (Phi) is 4.43. The molecule has 1 aromatic carbocycles. The number of rotatable bonds is 4. The van der Waals surface area contributed by atoms with Crippen LogP contribution in [0.1, 0.15) is 17.3 Å². The van der Waals surface area contributed by atoms with Crippen molar-refractivity contribution in [2.75, 3.05) is 12.4 Å². The first-order chi connectivity index (χ1) is 7.13. The molecule has 0 aromatic heterocycles. The zero-order valence-electron chi connectivity index (χ0n) is 8.53. The van der Waals surface area contributed by atoms with Crippen molar-refractivity contribution in [2.45, 2.75) is 6.92 Å². The van der Waals surface area contributed by atoms with Gasteiger partial charge in [-0.3, -0.25) is 4.79 Å². The summed E-state index contributed by atoms with van der Waals surface area (Å²) in [6, 6.07) is 6.13. The number of phenolic OH excluding ortho intramolecular Hbond substituents is 1. The summed E-state index contributed by atoms with van der Waals surface area (Å²) in [5, 5.41) is 11.8. The van der Waals surface area contributed by atoms with Crippen molar-refractivity contribution in [2.24, 2.45) is 5.92 Å². The first-order valence-electron chi connectivity index (χ1n) is 4.76. The predicted octanol–water partition coefficient (Wildman–Crippen LogP) is 2.00. The van der Waals surface area contributed by atoms with Crippen LogP contribution in [0.4, 0.5) is 0 Å². The van der Waals surface area contributed by atoms with Crippen LogP contribution < -0.4 is 5.32 Å². The lowest BCUT2D eigenvalue weighted by Crippen LogP contribution is -2.28. The van der Waals surface area contributed by atoms with E-state index in [1.165, 1.54) is 12.1 Å². The molecule has 2 N–H and O–H groups in total. The molecule has 1 atom stereocenters. The van der Waals surface area contributed by atoms with Crippen LogP contribution in [0, 0.1) is 5.92 Å². The summed E-state index contributed by atoms with van der Waals surface area (Å²) < 4.78 is 0. The molecule has 0 fully saturated rings. The summed E-state index contributed by atoms with van der Waals surface area (Å²) in [4.78, 5) is 11.5. The van der Waals surface area contributed by atoms with E-state index in [0.29, 0.717) is 18.0 Å². The molecular weight excluding hydrogens is 214 g/mol. The molecule has 15 heavy (non-hydrogen) atoms. The molecule has 4 heteroatoms. The van der Waals surface area contributed by atoms with Gasteiger partial charge in [0.1, 0.15) is 5.75 Å². The van der Waals surface area contributed by atoms with Crippen LogP contribution >= 0.6 is 11.6 Å². The third-order valence-corrected chi connectivity index (χ3v) is 2.53. The van der Waals surface area contributed by atoms with Crippen LogP contribution in [0.2, 0.25) is 0 Å². The highest BCUT2D eigenvalue weighted by atomic mass is 35.5. The second-order valence-electron chi connectivity index (χ2n) is 3.52. The van der Waals surface area contributed by atoms with E-state index >= 15 is 0 Å². The van der Waals surface area contributed by atoms with Crippen molar-refractivity contribution in [3.8, 4) is 5.75 Å². The van der Waals surface area contributed by atoms with Crippen molar-refractivity contribution in [1.82, 2.24) is 5.32 Å². The van der Waals surface area contributed by atoms with E-state index in [1.54, 1.807) is 12.1 Å². The number of carbonyl (C=O) groups is 1. The number of benzene rings is 1. The molecule has 0 radical (unpaired) electrons. The largest absolute Gasteiger partial charge is 0.508 e. The molecule has 82 valence electrons. The fourth-order valence-electron chi connectivity index (χ4n) is 1.04. The van der Waals surface area contributed by atoms with Gasteiger partial charge in [0.2, 0.25) is 0 Å². The number of halogens is 1. The molecule has 0 spiro atoms. The Morgan fingerprint density at radius 1 is 1.47 bits per heavy atom. The van der Waals surface area contributed by atoms with Gasteiger partial charge < -0.3 is 10.4 Å². The van der Waals surface area contributed by atoms with E-state index in [2.05, 4.69) is 5.32 Å². The molecule has 0 saturated heterocycles. The molecule has 1 unspecified atom stereocenters. The summed E-state index contributed by atoms with van der Waals surface area (Å²) in [6.07, 6.45) is 0. The van der Waals surface area contributed by atoms with Crippen molar-refractivity contribution in [1.29, 1.82) is 0 Å². The highest BCUT2D eigenvalue weighted by molar-refractivity contribution is 6.18. The number of aromatic hydroxyl groups is 1. The molecule has 0 bridgehead atoms. The average Bonchev–Trinajstić information content (AvgIpc) is 2.26. The fraction of sp³-hybridized carbons (Fsp3) is 0.364. The number of alkyl halides is 1. The smallest absolute Gasteiger partial charge is 0.251 e. The molecule has 1 amide bonds. The summed E-state index contributed by atoms with van der Waals surface area (Å²) in [5.74, 6) is 0.788. The lowest BCUT2D eigenvalue weighted by atomic mass is 10.2. The monoisotopic (exact) mass is 227 g/mol. The highest BCUT2D eigenvalue weighted by Crippen LogP contribution is 2.09. The number of nitrogens with one attached hydrogen (secondary N) is 1. The summed E-state index contributed by atoms with van der Waals surface area (Å²) in [6.45, 7) is 2.52. The van der Waals surface area contributed by atoms with Gasteiger partial charge in [-0.05, 0) is 30.2 Å². The summed E-state index contributed by atoms with van der Waals surface area (Å²) >= 11 is 5.62. The number of carbonyl (C=O) groups excluding carboxylic acids is 1. The Labute approximate surface area is 94.1 Å². The lowest BCUT2D eigenvalue weighted by Gasteiger charge is -2.09. The quantitative estimate of drug-likeness (QED) is 0.773. The molecule has 0 aliphatic heterocycles. The van der Waals surface area contributed by atoms with Crippen molar-refractivity contribution < 1.29 is 9.90 Å². The minimum atomic E-state index is -0.146. The SMILES string of the molecule is CC(CCl)CNC(=O)c1ccc(O)cc1. The van der Waals surface area contributed by atoms with Crippen LogP contribution in [0.5, 0.6) is 5.75 Å². The normalized spacial score (nSPS) is 12.1. The van der Waals surface area contributed by atoms with Gasteiger partial charge in [-0.1, -0.05) is 6.92 Å². The van der Waals surface area contributed by atoms with Gasteiger partial charge in [0.05, 0.1) is 0 Å². The zero-order chi connectivity index (χ0) is 11.3. The molecule has 1 rings (SSSR count). The third kappa shape index (κ3) is 3.80. The van der Waals surface area contributed by atoms with Gasteiger partial charge in [-0.25, -0.2) is 0 Å². The topological polar surface area (TPSA) is 49.3 Å². The number of hydrogen-bond acceptors (Lipinski definition) is 2. The van der Waals surface area contributed by atoms with E-state index in [9.17, 15) is 4.79 Å². The molecule has 0 saturated carbocycles. The maximum Gasteiger partial charge on any atom is 0.251 e. The van der Waals surface area contributed by atoms with E-state index in [-0.39, 0.29) is 17.6 Å². The van der Waals surface area contributed by atoms with Crippen LogP contribution in [-0.4, -0.2) is 23.4 Å². The minimum absolute atomic E-state index is 0.146. The highest BCUT2D eigenvalue weighted by Gasteiger charge is 2.06. The first-order valence-corrected chi connectivity index (χ1v) is 5.30. The van der Waals surface area contributed by atoms with Crippen molar-refractivity contribution in [3.63, 3.8) is 0 Å². The maximum absolute atomic E-state index is 11.5. The average molecular weight is 228 g/mol. The fourth-order valence-corrected chi connectivity index (χ4v) is 1.15. The second kappa shape index (κ2) is 5.61. The molecule has 0 heterocycles. The maximum atomic E-state index is 11.5. The van der Waals surface area contributed by atoms with Gasteiger partial charge in [-0.15, -0.1) is 11.6 Å². The van der Waals surface area contributed by atoms with Crippen LogP contribution in [-0.2, 0) is 0 Å². The number of amides is 1. The zero-order valence-corrected chi connectivity index (χ0v) is 9.29. The standard InChI is InChI=1S/C11H14ClNO2/c1-8(6-12)7-13-11(15)9-2-4-10(14)5-3-9/h2-5,8,14H,6-7H2,1H3,(H,13,15). The summed E-state index contributed by atoms with van der Waals surface area (Å²) in [7, 11) is 0. The van der Waals surface area contributed by atoms with Crippen LogP contribution in [0.3, 0.4) is 0 Å². The van der Waals surface area contributed by atoms with E-state index in [0.717, 1.165) is 0 Å². The van der Waals surface area contributed by atoms with Crippen molar-refractivity contribution >= 4 is 17.5 Å². The molecule has 0 aliphatic rings. The Hall–Kier alpha value is -1.22.